The molecule has 0 aromatic heterocycles. The summed E-state index contributed by atoms with van der Waals surface area (Å²) < 4.78 is 38.3. The second-order valence-electron chi connectivity index (χ2n) is 4.25. The number of hydrogen-bond donors (Lipinski definition) is 2. The van der Waals surface area contributed by atoms with Crippen LogP contribution in [0, 0.1) is 0 Å². The average molecular weight is 276 g/mol. The predicted molar refractivity (Wildman–Crippen MR) is 68.9 cm³/mol. The molecule has 0 spiro atoms. The smallest absolute Gasteiger partial charge is 0.395 e. The van der Waals surface area contributed by atoms with Gasteiger partial charge in [-0.25, -0.2) is 0 Å². The highest BCUT2D eigenvalue weighted by Crippen LogP contribution is 2.33. The van der Waals surface area contributed by atoms with Crippen molar-refractivity contribution in [1.29, 1.82) is 0 Å². The van der Waals surface area contributed by atoms with Crippen molar-refractivity contribution in [1.82, 2.24) is 0 Å². The summed E-state index contributed by atoms with van der Waals surface area (Å²) in [6.45, 7) is 2.83. The first-order valence-corrected chi connectivity index (χ1v) is 6.20. The molecule has 0 aliphatic rings. The summed E-state index contributed by atoms with van der Waals surface area (Å²) in [5.74, 6) is 0. The van der Waals surface area contributed by atoms with Gasteiger partial charge in [-0.1, -0.05) is 6.92 Å². The van der Waals surface area contributed by atoms with E-state index < -0.39 is 11.7 Å². The number of anilines is 1. The van der Waals surface area contributed by atoms with Crippen molar-refractivity contribution in [2.75, 3.05) is 24.6 Å². The minimum absolute atomic E-state index is 0.0427. The zero-order valence-electron chi connectivity index (χ0n) is 10.9. The first kappa shape index (κ1) is 15.8. The molecule has 3 N–H and O–H groups in total. The zero-order chi connectivity index (χ0) is 14.5. The van der Waals surface area contributed by atoms with Crippen LogP contribution in [0.25, 0.3) is 0 Å². The molecule has 0 aliphatic carbocycles. The maximum atomic E-state index is 12.8. The Kier molecular flexibility index (Phi) is 5.62. The van der Waals surface area contributed by atoms with Crippen LogP contribution in [-0.4, -0.2) is 24.8 Å². The molecule has 1 aromatic carbocycles. The highest BCUT2D eigenvalue weighted by atomic mass is 19.4. The van der Waals surface area contributed by atoms with Crippen molar-refractivity contribution in [2.45, 2.75) is 26.1 Å². The Morgan fingerprint density at radius 2 is 1.95 bits per heavy atom. The van der Waals surface area contributed by atoms with Crippen LogP contribution in [0.4, 0.5) is 18.9 Å². The minimum atomic E-state index is -4.39. The third kappa shape index (κ3) is 4.11. The summed E-state index contributed by atoms with van der Waals surface area (Å²) in [6, 6.07) is 3.93. The molecule has 1 rings (SSSR count). The van der Waals surface area contributed by atoms with Crippen LogP contribution < -0.4 is 10.6 Å². The highest BCUT2D eigenvalue weighted by Gasteiger charge is 2.33. The molecule has 0 fully saturated rings. The van der Waals surface area contributed by atoms with E-state index in [1.165, 1.54) is 12.1 Å². The number of hydrogen-bond acceptors (Lipinski definition) is 3. The molecular weight excluding hydrogens is 257 g/mol. The van der Waals surface area contributed by atoms with Crippen LogP contribution >= 0.6 is 0 Å². The Bertz CT molecular complexity index is 401. The highest BCUT2D eigenvalue weighted by molar-refractivity contribution is 5.51. The van der Waals surface area contributed by atoms with Crippen LogP contribution in [-0.2, 0) is 12.7 Å². The van der Waals surface area contributed by atoms with Crippen molar-refractivity contribution < 1.29 is 18.3 Å². The first-order valence-electron chi connectivity index (χ1n) is 6.20. The Morgan fingerprint density at radius 3 is 2.42 bits per heavy atom. The second-order valence-corrected chi connectivity index (χ2v) is 4.25. The summed E-state index contributed by atoms with van der Waals surface area (Å²) in [5.41, 5.74) is 5.43. The third-order valence-electron chi connectivity index (χ3n) is 2.84. The van der Waals surface area contributed by atoms with E-state index in [1.54, 1.807) is 0 Å². The lowest BCUT2D eigenvalue weighted by molar-refractivity contribution is -0.138. The molecule has 3 nitrogen and oxygen atoms in total. The molecule has 0 radical (unpaired) electrons. The van der Waals surface area contributed by atoms with Gasteiger partial charge in [-0.15, -0.1) is 0 Å². The van der Waals surface area contributed by atoms with Gasteiger partial charge in [0.2, 0.25) is 0 Å². The van der Waals surface area contributed by atoms with Gasteiger partial charge in [-0.05, 0) is 30.2 Å². The Labute approximate surface area is 110 Å². The Balaban J connectivity index is 3.10. The van der Waals surface area contributed by atoms with Gasteiger partial charge in [0.05, 0.1) is 12.2 Å². The van der Waals surface area contributed by atoms with Crippen LogP contribution in [0.5, 0.6) is 0 Å². The van der Waals surface area contributed by atoms with Crippen LogP contribution in [0.1, 0.15) is 24.5 Å². The molecule has 0 saturated carbocycles. The van der Waals surface area contributed by atoms with Crippen molar-refractivity contribution in [2.24, 2.45) is 5.73 Å². The van der Waals surface area contributed by atoms with Gasteiger partial charge >= 0.3 is 6.18 Å². The van der Waals surface area contributed by atoms with Gasteiger partial charge in [0.15, 0.2) is 0 Å². The Hall–Kier alpha value is -1.27. The van der Waals surface area contributed by atoms with Gasteiger partial charge in [0.1, 0.15) is 0 Å². The minimum Gasteiger partial charge on any atom is -0.395 e. The molecule has 0 amide bonds. The van der Waals surface area contributed by atoms with Gasteiger partial charge in [0, 0.05) is 25.3 Å². The van der Waals surface area contributed by atoms with E-state index in [9.17, 15) is 13.2 Å². The summed E-state index contributed by atoms with van der Waals surface area (Å²) in [6.07, 6.45) is -3.54. The number of aliphatic hydroxyl groups is 1. The molecular formula is C13H19F3N2O. The molecule has 19 heavy (non-hydrogen) atoms. The van der Waals surface area contributed by atoms with Crippen molar-refractivity contribution in [3.8, 4) is 0 Å². The van der Waals surface area contributed by atoms with E-state index in [-0.39, 0.29) is 18.7 Å². The summed E-state index contributed by atoms with van der Waals surface area (Å²) >= 11 is 0. The van der Waals surface area contributed by atoms with Gasteiger partial charge < -0.3 is 15.7 Å². The van der Waals surface area contributed by atoms with Crippen LogP contribution in [0.15, 0.2) is 18.2 Å². The fraction of sp³-hybridized carbons (Fsp3) is 0.538. The first-order chi connectivity index (χ1) is 8.93. The molecule has 0 bridgehead atoms. The number of nitrogens with two attached hydrogens (primary N) is 1. The number of rotatable bonds is 6. The monoisotopic (exact) mass is 276 g/mol. The van der Waals surface area contributed by atoms with Crippen LogP contribution in [0.3, 0.4) is 0 Å². The molecule has 0 heterocycles. The van der Waals surface area contributed by atoms with Crippen molar-refractivity contribution in [3.05, 3.63) is 29.3 Å². The van der Waals surface area contributed by atoms with Crippen LogP contribution in [0.2, 0.25) is 0 Å². The molecule has 0 saturated heterocycles. The normalized spacial score (nSPS) is 11.7. The maximum absolute atomic E-state index is 12.8. The summed E-state index contributed by atoms with van der Waals surface area (Å²) in [5, 5.41) is 8.99. The van der Waals surface area contributed by atoms with E-state index in [1.807, 2.05) is 11.8 Å². The van der Waals surface area contributed by atoms with Crippen molar-refractivity contribution in [3.63, 3.8) is 0 Å². The number of halogens is 3. The Morgan fingerprint density at radius 1 is 1.26 bits per heavy atom. The van der Waals surface area contributed by atoms with Crippen molar-refractivity contribution >= 4 is 5.69 Å². The standard InChI is InChI=1S/C13H19F3N2O/c1-2-5-18(6-7-19)11-3-4-12(13(14,15)16)10(8-11)9-17/h3-4,8,19H,2,5-7,9,17H2,1H3. The largest absolute Gasteiger partial charge is 0.416 e. The molecule has 6 heteroatoms. The third-order valence-corrected chi connectivity index (χ3v) is 2.84. The lowest BCUT2D eigenvalue weighted by Gasteiger charge is -2.25. The van der Waals surface area contributed by atoms with Gasteiger partial charge in [0.25, 0.3) is 0 Å². The van der Waals surface area contributed by atoms with E-state index in [2.05, 4.69) is 0 Å². The van der Waals surface area contributed by atoms with E-state index >= 15 is 0 Å². The molecule has 0 unspecified atom stereocenters. The van der Waals surface area contributed by atoms with E-state index in [0.717, 1.165) is 12.5 Å². The summed E-state index contributed by atoms with van der Waals surface area (Å²) in [4.78, 5) is 1.85. The number of aliphatic hydroxyl groups excluding tert-OH is 1. The number of nitrogens with zero attached hydrogens (tertiary/aromatic N) is 1. The molecule has 1 aromatic rings. The van der Waals surface area contributed by atoms with Gasteiger partial charge in [-0.3, -0.25) is 0 Å². The second kappa shape index (κ2) is 6.77. The van der Waals surface area contributed by atoms with E-state index in [4.69, 9.17) is 10.8 Å². The summed E-state index contributed by atoms with van der Waals surface area (Å²) in [7, 11) is 0. The topological polar surface area (TPSA) is 49.5 Å². The van der Waals surface area contributed by atoms with E-state index in [0.29, 0.717) is 18.8 Å². The average Bonchev–Trinajstić information content (AvgIpc) is 2.36. The number of alkyl halides is 3. The lowest BCUT2D eigenvalue weighted by Crippen LogP contribution is -2.27. The zero-order valence-corrected chi connectivity index (χ0v) is 10.9. The predicted octanol–water partition coefficient (Wildman–Crippen LogP) is 2.37. The number of benzene rings is 1. The molecule has 0 atom stereocenters. The quantitative estimate of drug-likeness (QED) is 0.838. The fourth-order valence-electron chi connectivity index (χ4n) is 1.98. The van der Waals surface area contributed by atoms with Gasteiger partial charge in [-0.2, -0.15) is 13.2 Å². The maximum Gasteiger partial charge on any atom is 0.416 e. The lowest BCUT2D eigenvalue weighted by atomic mass is 10.1. The molecule has 0 aliphatic heterocycles. The fourth-order valence-corrected chi connectivity index (χ4v) is 1.98. The molecule has 108 valence electrons. The SMILES string of the molecule is CCCN(CCO)c1ccc(C(F)(F)F)c(CN)c1.